The normalized spacial score (nSPS) is 22.2. The van der Waals surface area contributed by atoms with E-state index < -0.39 is 26.0 Å². The molecular weight excluding hydrogens is 670 g/mol. The second-order valence-corrected chi connectivity index (χ2v) is 19.7. The van der Waals surface area contributed by atoms with Gasteiger partial charge in [0.15, 0.2) is 11.6 Å². The highest BCUT2D eigenvalue weighted by Gasteiger charge is 2.58. The number of halogens is 1. The zero-order valence-electron chi connectivity index (χ0n) is 30.2. The number of rotatable bonds is 10. The number of carbonyl (C=O) groups excluding carboxylic acids is 2. The van der Waals surface area contributed by atoms with Crippen LogP contribution in [0.3, 0.4) is 0 Å². The first-order valence-corrected chi connectivity index (χ1v) is 20.1. The third-order valence-corrected chi connectivity index (χ3v) is 16.1. The number of anilines is 1. The molecule has 2 saturated heterocycles. The maximum Gasteiger partial charge on any atom is 0.261 e. The van der Waals surface area contributed by atoms with Crippen LogP contribution in [0.2, 0.25) is 5.04 Å². The van der Waals surface area contributed by atoms with Gasteiger partial charge in [0.1, 0.15) is 0 Å². The Morgan fingerprint density at radius 3 is 2.12 bits per heavy atom. The summed E-state index contributed by atoms with van der Waals surface area (Å²) >= 11 is 0. The van der Waals surface area contributed by atoms with Crippen molar-refractivity contribution in [2.24, 2.45) is 17.8 Å². The van der Waals surface area contributed by atoms with E-state index in [2.05, 4.69) is 69.3 Å². The first-order valence-electron chi connectivity index (χ1n) is 18.2. The minimum atomic E-state index is -2.91. The molecule has 0 spiro atoms. The van der Waals surface area contributed by atoms with E-state index in [-0.39, 0.29) is 34.6 Å². The third-order valence-electron chi connectivity index (χ3n) is 11.1. The number of fused-ring (bicyclic) bond motifs is 3. The molecule has 4 atom stereocenters. The Hall–Kier alpha value is -4.63. The first-order chi connectivity index (χ1) is 25.0. The van der Waals surface area contributed by atoms with Gasteiger partial charge in [0.2, 0.25) is 11.8 Å². The standard InChI is InChI=1S/C44H46FNO5Si/c1-29(24-30-21-22-38(47)37(45)25-30)20-23-39-40-31(26-35-41(36(40)28-50-39)43(49)46(42(35)48)32-14-8-5-9-15-32)27-51-52(44(2,3)4,33-16-10-6-11-17-33)34-18-12-7-13-19-34/h5-19,21-22,24-25,35-36,39,41,47H,20,23,26-28H2,1-4H3/b29-24+/t35-,36+,39-,41-/m1/s1. The average Bonchev–Trinajstić information content (AvgIpc) is 3.67. The number of aromatic hydroxyl groups is 1. The Balaban J connectivity index is 1.26. The molecule has 7 rings (SSSR count). The topological polar surface area (TPSA) is 76.1 Å². The van der Waals surface area contributed by atoms with Gasteiger partial charge in [0.05, 0.1) is 36.8 Å². The van der Waals surface area contributed by atoms with Gasteiger partial charge < -0.3 is 14.3 Å². The van der Waals surface area contributed by atoms with E-state index in [1.54, 1.807) is 6.07 Å². The number of nitrogens with zero attached hydrogens (tertiary/aromatic N) is 1. The van der Waals surface area contributed by atoms with Crippen molar-refractivity contribution in [3.8, 4) is 5.75 Å². The molecule has 4 aromatic carbocycles. The molecule has 4 aromatic rings. The fourth-order valence-electron chi connectivity index (χ4n) is 8.72. The zero-order valence-corrected chi connectivity index (χ0v) is 31.2. The van der Waals surface area contributed by atoms with E-state index in [4.69, 9.17) is 9.16 Å². The largest absolute Gasteiger partial charge is 0.505 e. The molecule has 1 aliphatic carbocycles. The van der Waals surface area contributed by atoms with Crippen LogP contribution < -0.4 is 15.3 Å². The first kappa shape index (κ1) is 35.8. The molecule has 0 radical (unpaired) electrons. The highest BCUT2D eigenvalue weighted by Crippen LogP contribution is 2.51. The molecule has 0 unspecified atom stereocenters. The summed E-state index contributed by atoms with van der Waals surface area (Å²) < 4.78 is 28.1. The van der Waals surface area contributed by atoms with Gasteiger partial charge in [0.25, 0.3) is 8.32 Å². The molecule has 52 heavy (non-hydrogen) atoms. The molecule has 1 N–H and O–H groups in total. The Bertz CT molecular complexity index is 1970. The van der Waals surface area contributed by atoms with Crippen LogP contribution >= 0.6 is 0 Å². The average molecular weight is 716 g/mol. The maximum atomic E-state index is 14.2. The van der Waals surface area contributed by atoms with Crippen molar-refractivity contribution in [2.75, 3.05) is 18.1 Å². The van der Waals surface area contributed by atoms with E-state index in [1.165, 1.54) is 27.4 Å². The number of phenolic OH excluding ortho intramolecular Hbond substituents is 1. The van der Waals surface area contributed by atoms with Crippen LogP contribution in [0.1, 0.15) is 52.5 Å². The van der Waals surface area contributed by atoms with Crippen molar-refractivity contribution in [2.45, 2.75) is 58.1 Å². The maximum absolute atomic E-state index is 14.2. The van der Waals surface area contributed by atoms with Crippen molar-refractivity contribution < 1.29 is 28.2 Å². The Kier molecular flexibility index (Phi) is 9.91. The number of allylic oxidation sites excluding steroid dienone is 1. The summed E-state index contributed by atoms with van der Waals surface area (Å²) in [5.74, 6) is -2.58. The van der Waals surface area contributed by atoms with Crippen LogP contribution in [-0.2, 0) is 18.8 Å². The van der Waals surface area contributed by atoms with Gasteiger partial charge in [-0.1, -0.05) is 117 Å². The minimum Gasteiger partial charge on any atom is -0.505 e. The molecule has 2 aliphatic heterocycles. The van der Waals surface area contributed by atoms with Gasteiger partial charge in [-0.3, -0.25) is 14.5 Å². The monoisotopic (exact) mass is 715 g/mol. The number of hydrogen-bond acceptors (Lipinski definition) is 5. The van der Waals surface area contributed by atoms with Gasteiger partial charge in [-0.15, -0.1) is 0 Å². The molecule has 2 fully saturated rings. The van der Waals surface area contributed by atoms with Crippen molar-refractivity contribution in [3.05, 3.63) is 137 Å². The van der Waals surface area contributed by atoms with E-state index in [9.17, 15) is 19.1 Å². The van der Waals surface area contributed by atoms with Crippen LogP contribution in [0.25, 0.3) is 6.08 Å². The van der Waals surface area contributed by atoms with Crippen LogP contribution in [0.15, 0.2) is 126 Å². The Morgan fingerprint density at radius 1 is 0.904 bits per heavy atom. The van der Waals surface area contributed by atoms with Crippen molar-refractivity contribution in [3.63, 3.8) is 0 Å². The van der Waals surface area contributed by atoms with Crippen LogP contribution in [-0.4, -0.2) is 44.6 Å². The van der Waals surface area contributed by atoms with Crippen molar-refractivity contribution >= 4 is 42.3 Å². The summed E-state index contributed by atoms with van der Waals surface area (Å²) in [6.07, 6.45) is 3.45. The fourth-order valence-corrected chi connectivity index (χ4v) is 13.3. The van der Waals surface area contributed by atoms with Gasteiger partial charge in [-0.25, -0.2) is 4.39 Å². The van der Waals surface area contributed by atoms with Crippen LogP contribution in [0, 0.1) is 23.6 Å². The smallest absolute Gasteiger partial charge is 0.261 e. The summed E-state index contributed by atoms with van der Waals surface area (Å²) in [4.78, 5) is 29.7. The molecule has 0 aromatic heterocycles. The number of phenols is 1. The summed E-state index contributed by atoms with van der Waals surface area (Å²) in [5, 5.41) is 11.8. The number of hydrogen-bond donors (Lipinski definition) is 1. The van der Waals surface area contributed by atoms with Crippen LogP contribution in [0.4, 0.5) is 10.1 Å². The van der Waals surface area contributed by atoms with Crippen molar-refractivity contribution in [1.29, 1.82) is 0 Å². The summed E-state index contributed by atoms with van der Waals surface area (Å²) in [6, 6.07) is 34.6. The molecule has 6 nitrogen and oxygen atoms in total. The second-order valence-electron chi connectivity index (χ2n) is 15.4. The summed E-state index contributed by atoms with van der Waals surface area (Å²) in [5.41, 5.74) is 4.46. The van der Waals surface area contributed by atoms with E-state index in [0.29, 0.717) is 43.7 Å². The highest BCUT2D eigenvalue weighted by molar-refractivity contribution is 6.99. The molecule has 3 aliphatic rings. The third kappa shape index (κ3) is 6.48. The van der Waals surface area contributed by atoms with Gasteiger partial charge in [-0.2, -0.15) is 0 Å². The SMILES string of the molecule is C/C(=C\c1ccc(O)c(F)c1)CC[C@H]1OC[C@H]2C1=C(CO[Si](c1ccccc1)(c1ccccc1)C(C)(C)C)C[C@H]1C(=O)N(c3ccccc3)C(=O)[C@H]12. The van der Waals surface area contributed by atoms with Crippen LogP contribution in [0.5, 0.6) is 5.75 Å². The molecule has 2 amide bonds. The van der Waals surface area contributed by atoms with Gasteiger partial charge >= 0.3 is 0 Å². The molecule has 2 heterocycles. The molecule has 0 bridgehead atoms. The minimum absolute atomic E-state index is 0.161. The lowest BCUT2D eigenvalue weighted by molar-refractivity contribution is -0.122. The number of carbonyl (C=O) groups is 2. The molecular formula is C44H46FNO5Si. The second kappa shape index (κ2) is 14.4. The number of para-hydroxylation sites is 1. The number of ether oxygens (including phenoxy) is 1. The lowest BCUT2D eigenvalue weighted by Crippen LogP contribution is -2.66. The molecule has 8 heteroatoms. The predicted octanol–water partition coefficient (Wildman–Crippen LogP) is 7.81. The lowest BCUT2D eigenvalue weighted by Gasteiger charge is -2.44. The van der Waals surface area contributed by atoms with E-state index in [0.717, 1.165) is 16.7 Å². The Labute approximate surface area is 306 Å². The number of benzene rings is 4. The zero-order chi connectivity index (χ0) is 36.6. The lowest BCUT2D eigenvalue weighted by atomic mass is 9.69. The van der Waals surface area contributed by atoms with E-state index in [1.807, 2.05) is 55.5 Å². The number of amides is 2. The van der Waals surface area contributed by atoms with E-state index >= 15 is 0 Å². The number of imide groups is 1. The predicted molar refractivity (Wildman–Crippen MR) is 205 cm³/mol. The van der Waals surface area contributed by atoms with Gasteiger partial charge in [0, 0.05) is 5.92 Å². The fraction of sp³-hybridized carbons (Fsp3) is 0.318. The summed E-state index contributed by atoms with van der Waals surface area (Å²) in [7, 11) is -2.91. The highest BCUT2D eigenvalue weighted by atomic mass is 28.4. The molecule has 268 valence electrons. The van der Waals surface area contributed by atoms with Gasteiger partial charge in [-0.05, 0) is 82.6 Å². The molecule has 0 saturated carbocycles. The summed E-state index contributed by atoms with van der Waals surface area (Å²) in [6.45, 7) is 9.46. The Morgan fingerprint density at radius 2 is 1.52 bits per heavy atom. The van der Waals surface area contributed by atoms with Crippen molar-refractivity contribution in [1.82, 2.24) is 0 Å². The quantitative estimate of drug-likeness (QED) is 0.103.